The van der Waals surface area contributed by atoms with Crippen LogP contribution in [0.25, 0.3) is 0 Å². The van der Waals surface area contributed by atoms with Gasteiger partial charge in [0.1, 0.15) is 0 Å². The molecule has 7 heteroatoms. The van der Waals surface area contributed by atoms with Crippen LogP contribution >= 0.6 is 0 Å². The largest absolute Gasteiger partial charge is 0.324 e. The van der Waals surface area contributed by atoms with Crippen LogP contribution in [-0.4, -0.2) is 8.42 Å². The lowest BCUT2D eigenvalue weighted by Gasteiger charge is -2.11. The molecule has 0 saturated heterocycles. The Morgan fingerprint density at radius 2 is 1.81 bits per heavy atom. The smallest absolute Gasteiger partial charge is 0.261 e. The maximum atomic E-state index is 12.3. The molecular weight excluding hydrogens is 288 g/mol. The second-order valence-corrected chi connectivity index (χ2v) is 6.10. The average Bonchev–Trinajstić information content (AvgIpc) is 2.49. The lowest BCUT2D eigenvalue weighted by Crippen LogP contribution is -2.14. The summed E-state index contributed by atoms with van der Waals surface area (Å²) in [7, 11) is -3.71. The molecule has 0 aliphatic carbocycles. The van der Waals surface area contributed by atoms with Crippen molar-refractivity contribution in [2.75, 3.05) is 10.1 Å². The van der Waals surface area contributed by atoms with Crippen molar-refractivity contribution in [2.24, 2.45) is 5.84 Å². The molecule has 0 fully saturated rings. The van der Waals surface area contributed by atoms with Crippen LogP contribution in [0.5, 0.6) is 0 Å². The van der Waals surface area contributed by atoms with Crippen LogP contribution in [0.4, 0.5) is 11.4 Å². The molecule has 0 atom stereocenters. The molecule has 2 rings (SSSR count). The number of anilines is 2. The van der Waals surface area contributed by atoms with Gasteiger partial charge in [-0.1, -0.05) is 6.07 Å². The van der Waals surface area contributed by atoms with E-state index in [2.05, 4.69) is 10.1 Å². The Bertz CT molecular complexity index is 793. The van der Waals surface area contributed by atoms with Gasteiger partial charge in [0.25, 0.3) is 10.0 Å². The summed E-state index contributed by atoms with van der Waals surface area (Å²) in [6.07, 6.45) is 0. The lowest BCUT2D eigenvalue weighted by molar-refractivity contribution is 0.601. The Kier molecular flexibility index (Phi) is 4.12. The summed E-state index contributed by atoms with van der Waals surface area (Å²) < 4.78 is 27.1. The van der Waals surface area contributed by atoms with E-state index in [9.17, 15) is 8.42 Å². The second kappa shape index (κ2) is 5.83. The minimum absolute atomic E-state index is 0.114. The van der Waals surface area contributed by atoms with Crippen LogP contribution in [-0.2, 0) is 10.0 Å². The van der Waals surface area contributed by atoms with Gasteiger partial charge in [-0.3, -0.25) is 10.6 Å². The number of hydrazine groups is 1. The molecular formula is C14H14N4O2S. The zero-order valence-corrected chi connectivity index (χ0v) is 12.1. The molecule has 2 aromatic rings. The number of sulfonamides is 1. The Hall–Kier alpha value is -2.56. The molecule has 0 aromatic heterocycles. The Morgan fingerprint density at radius 1 is 1.14 bits per heavy atom. The zero-order chi connectivity index (χ0) is 15.5. The molecule has 0 radical (unpaired) electrons. The fourth-order valence-corrected chi connectivity index (χ4v) is 2.86. The predicted molar refractivity (Wildman–Crippen MR) is 81.0 cm³/mol. The first-order valence-corrected chi connectivity index (χ1v) is 7.55. The van der Waals surface area contributed by atoms with E-state index in [0.29, 0.717) is 16.9 Å². The van der Waals surface area contributed by atoms with Gasteiger partial charge in [0, 0.05) is 5.69 Å². The number of nitrogens with two attached hydrogens (primary N) is 1. The van der Waals surface area contributed by atoms with Crippen molar-refractivity contribution in [3.05, 3.63) is 53.6 Å². The molecule has 0 bridgehead atoms. The molecule has 0 aliphatic heterocycles. The minimum Gasteiger partial charge on any atom is -0.324 e. The first-order chi connectivity index (χ1) is 9.96. The van der Waals surface area contributed by atoms with Crippen LogP contribution in [0.2, 0.25) is 0 Å². The first kappa shape index (κ1) is 14.8. The van der Waals surface area contributed by atoms with Crippen molar-refractivity contribution < 1.29 is 8.42 Å². The number of aryl methyl sites for hydroxylation is 1. The van der Waals surface area contributed by atoms with E-state index in [1.807, 2.05) is 6.07 Å². The van der Waals surface area contributed by atoms with Crippen LogP contribution in [0.15, 0.2) is 47.4 Å². The van der Waals surface area contributed by atoms with Gasteiger partial charge in [-0.05, 0) is 48.9 Å². The third-order valence-electron chi connectivity index (χ3n) is 2.94. The summed E-state index contributed by atoms with van der Waals surface area (Å²) in [4.78, 5) is 0.114. The third-order valence-corrected chi connectivity index (χ3v) is 4.32. The van der Waals surface area contributed by atoms with Crippen molar-refractivity contribution in [2.45, 2.75) is 11.8 Å². The highest BCUT2D eigenvalue weighted by molar-refractivity contribution is 7.92. The number of rotatable bonds is 4. The molecule has 4 N–H and O–H groups in total. The van der Waals surface area contributed by atoms with Crippen LogP contribution in [0.3, 0.4) is 0 Å². The predicted octanol–water partition coefficient (Wildman–Crippen LogP) is 1.95. The highest BCUT2D eigenvalue weighted by Crippen LogP contribution is 2.21. The fraction of sp³-hybridized carbons (Fsp3) is 0.0714. The maximum Gasteiger partial charge on any atom is 0.261 e. The topological polar surface area (TPSA) is 108 Å². The number of nitrogens with one attached hydrogen (secondary N) is 2. The quantitative estimate of drug-likeness (QED) is 0.591. The summed E-state index contributed by atoms with van der Waals surface area (Å²) in [5.74, 6) is 5.24. The van der Waals surface area contributed by atoms with E-state index in [1.54, 1.807) is 31.2 Å². The van der Waals surface area contributed by atoms with Gasteiger partial charge >= 0.3 is 0 Å². The van der Waals surface area contributed by atoms with Crippen molar-refractivity contribution >= 4 is 21.4 Å². The second-order valence-electron chi connectivity index (χ2n) is 4.42. The maximum absolute atomic E-state index is 12.3. The van der Waals surface area contributed by atoms with Gasteiger partial charge in [0.05, 0.1) is 22.2 Å². The number of hydrogen-bond donors (Lipinski definition) is 3. The van der Waals surface area contributed by atoms with E-state index in [4.69, 9.17) is 11.1 Å². The molecule has 0 heterocycles. The molecule has 0 aliphatic rings. The summed E-state index contributed by atoms with van der Waals surface area (Å²) in [5, 5.41) is 8.88. The molecule has 21 heavy (non-hydrogen) atoms. The van der Waals surface area contributed by atoms with Gasteiger partial charge in [-0.15, -0.1) is 0 Å². The zero-order valence-electron chi connectivity index (χ0n) is 11.3. The van der Waals surface area contributed by atoms with Crippen molar-refractivity contribution in [3.63, 3.8) is 0 Å². The molecule has 0 spiro atoms. The molecule has 6 nitrogen and oxygen atoms in total. The molecule has 2 aromatic carbocycles. The van der Waals surface area contributed by atoms with E-state index >= 15 is 0 Å². The number of nitrogen functional groups attached to an aromatic ring is 1. The number of hydrogen-bond acceptors (Lipinski definition) is 5. The Balaban J connectivity index is 2.35. The fourth-order valence-electron chi connectivity index (χ4n) is 1.74. The van der Waals surface area contributed by atoms with Crippen molar-refractivity contribution in [1.82, 2.24) is 0 Å². The van der Waals surface area contributed by atoms with E-state index in [-0.39, 0.29) is 4.90 Å². The Labute approximate surface area is 123 Å². The number of nitrogens with zero attached hydrogens (tertiary/aromatic N) is 1. The monoisotopic (exact) mass is 302 g/mol. The van der Waals surface area contributed by atoms with Crippen LogP contribution in [0.1, 0.15) is 11.1 Å². The van der Waals surface area contributed by atoms with Crippen molar-refractivity contribution in [1.29, 1.82) is 5.26 Å². The summed E-state index contributed by atoms with van der Waals surface area (Å²) in [6.45, 7) is 1.76. The summed E-state index contributed by atoms with van der Waals surface area (Å²) in [5.41, 5.74) is 4.54. The lowest BCUT2D eigenvalue weighted by atomic mass is 10.1. The number of benzene rings is 2. The molecule has 0 amide bonds. The van der Waals surface area contributed by atoms with Gasteiger partial charge < -0.3 is 5.43 Å². The normalized spacial score (nSPS) is 10.7. The van der Waals surface area contributed by atoms with E-state index in [1.165, 1.54) is 18.2 Å². The summed E-state index contributed by atoms with van der Waals surface area (Å²) in [6, 6.07) is 12.8. The van der Waals surface area contributed by atoms with Gasteiger partial charge in [-0.25, -0.2) is 8.42 Å². The van der Waals surface area contributed by atoms with E-state index < -0.39 is 10.0 Å². The van der Waals surface area contributed by atoms with Gasteiger partial charge in [-0.2, -0.15) is 5.26 Å². The van der Waals surface area contributed by atoms with Crippen LogP contribution < -0.4 is 16.0 Å². The standard InChI is InChI=1S/C14H14N4O2S/c1-10-2-3-11(9-15)8-14(10)18-21(19,20)13-6-4-12(17-16)5-7-13/h2-8,17-18H,16H2,1H3. The summed E-state index contributed by atoms with van der Waals surface area (Å²) >= 11 is 0. The highest BCUT2D eigenvalue weighted by atomic mass is 32.2. The first-order valence-electron chi connectivity index (χ1n) is 6.06. The van der Waals surface area contributed by atoms with Crippen molar-refractivity contribution in [3.8, 4) is 6.07 Å². The third kappa shape index (κ3) is 3.31. The average molecular weight is 302 g/mol. The SMILES string of the molecule is Cc1ccc(C#N)cc1NS(=O)(=O)c1ccc(NN)cc1. The van der Waals surface area contributed by atoms with E-state index in [0.717, 1.165) is 5.56 Å². The molecule has 0 unspecified atom stereocenters. The number of nitriles is 1. The van der Waals surface area contributed by atoms with Gasteiger partial charge in [0.15, 0.2) is 0 Å². The highest BCUT2D eigenvalue weighted by Gasteiger charge is 2.15. The molecule has 0 saturated carbocycles. The minimum atomic E-state index is -3.71. The Morgan fingerprint density at radius 3 is 2.38 bits per heavy atom. The molecule has 108 valence electrons. The van der Waals surface area contributed by atoms with Crippen LogP contribution in [0, 0.1) is 18.3 Å². The van der Waals surface area contributed by atoms with Gasteiger partial charge in [0.2, 0.25) is 0 Å².